The van der Waals surface area contributed by atoms with E-state index in [1.165, 1.54) is 24.8 Å². The minimum absolute atomic E-state index is 0.725. The fraction of sp³-hybridized carbons (Fsp3) is 0.615. The SMILES string of the molecule is ClCC1CCCC1CNCc1cccnc1. The minimum Gasteiger partial charge on any atom is -0.312 e. The van der Waals surface area contributed by atoms with Gasteiger partial charge in [-0.15, -0.1) is 11.6 Å². The number of nitrogens with zero attached hydrogens (tertiary/aromatic N) is 1. The lowest BCUT2D eigenvalue weighted by Crippen LogP contribution is -2.25. The van der Waals surface area contributed by atoms with E-state index in [2.05, 4.69) is 16.4 Å². The van der Waals surface area contributed by atoms with Gasteiger partial charge < -0.3 is 5.32 Å². The van der Waals surface area contributed by atoms with Crippen LogP contribution >= 0.6 is 11.6 Å². The van der Waals surface area contributed by atoms with Crippen LogP contribution in [0.1, 0.15) is 24.8 Å². The summed E-state index contributed by atoms with van der Waals surface area (Å²) in [6.45, 7) is 2.01. The molecule has 1 saturated carbocycles. The molecule has 0 amide bonds. The lowest BCUT2D eigenvalue weighted by Gasteiger charge is -2.17. The number of hydrogen-bond acceptors (Lipinski definition) is 2. The summed E-state index contributed by atoms with van der Waals surface area (Å²) in [5.41, 5.74) is 1.25. The molecule has 0 aliphatic heterocycles. The number of pyridine rings is 1. The third-order valence-electron chi connectivity index (χ3n) is 3.47. The monoisotopic (exact) mass is 238 g/mol. The summed E-state index contributed by atoms with van der Waals surface area (Å²) in [5, 5.41) is 3.51. The second-order valence-electron chi connectivity index (χ2n) is 4.60. The van der Waals surface area contributed by atoms with Crippen LogP contribution < -0.4 is 5.32 Å². The van der Waals surface area contributed by atoms with E-state index in [-0.39, 0.29) is 0 Å². The van der Waals surface area contributed by atoms with Gasteiger partial charge in [0.2, 0.25) is 0 Å². The molecule has 0 radical (unpaired) electrons. The van der Waals surface area contributed by atoms with Crippen molar-refractivity contribution in [2.75, 3.05) is 12.4 Å². The molecule has 2 atom stereocenters. The van der Waals surface area contributed by atoms with Crippen LogP contribution in [0.4, 0.5) is 0 Å². The van der Waals surface area contributed by atoms with Crippen LogP contribution in [-0.4, -0.2) is 17.4 Å². The number of halogens is 1. The van der Waals surface area contributed by atoms with Gasteiger partial charge in [-0.25, -0.2) is 0 Å². The van der Waals surface area contributed by atoms with E-state index in [1.807, 2.05) is 18.5 Å². The Bertz CT molecular complexity index is 302. The number of aromatic nitrogens is 1. The van der Waals surface area contributed by atoms with Crippen molar-refractivity contribution in [3.8, 4) is 0 Å². The first kappa shape index (κ1) is 11.9. The highest BCUT2D eigenvalue weighted by Gasteiger charge is 2.25. The van der Waals surface area contributed by atoms with Crippen LogP contribution in [0.2, 0.25) is 0 Å². The maximum Gasteiger partial charge on any atom is 0.0312 e. The zero-order valence-corrected chi connectivity index (χ0v) is 10.3. The number of hydrogen-bond donors (Lipinski definition) is 1. The quantitative estimate of drug-likeness (QED) is 0.798. The first-order valence-electron chi connectivity index (χ1n) is 6.05. The minimum atomic E-state index is 0.725. The number of rotatable bonds is 5. The van der Waals surface area contributed by atoms with Gasteiger partial charge in [-0.2, -0.15) is 0 Å². The summed E-state index contributed by atoms with van der Waals surface area (Å²) < 4.78 is 0. The zero-order chi connectivity index (χ0) is 11.2. The largest absolute Gasteiger partial charge is 0.312 e. The summed E-state index contributed by atoms with van der Waals surface area (Å²) in [5.74, 6) is 2.32. The van der Waals surface area contributed by atoms with Gasteiger partial charge in [0.05, 0.1) is 0 Å². The van der Waals surface area contributed by atoms with Crippen LogP contribution in [0.5, 0.6) is 0 Å². The topological polar surface area (TPSA) is 24.9 Å². The number of alkyl halides is 1. The molecule has 2 rings (SSSR count). The Hall–Kier alpha value is -0.600. The third-order valence-corrected chi connectivity index (χ3v) is 3.87. The molecule has 2 nitrogen and oxygen atoms in total. The Morgan fingerprint density at radius 1 is 1.38 bits per heavy atom. The van der Waals surface area contributed by atoms with E-state index in [0.717, 1.165) is 30.8 Å². The second kappa shape index (κ2) is 6.21. The van der Waals surface area contributed by atoms with Crippen molar-refractivity contribution in [3.63, 3.8) is 0 Å². The third kappa shape index (κ3) is 3.19. The summed E-state index contributed by atoms with van der Waals surface area (Å²) in [7, 11) is 0. The van der Waals surface area contributed by atoms with E-state index in [9.17, 15) is 0 Å². The van der Waals surface area contributed by atoms with Crippen LogP contribution in [0.3, 0.4) is 0 Å². The van der Waals surface area contributed by atoms with Crippen molar-refractivity contribution in [2.24, 2.45) is 11.8 Å². The highest BCUT2D eigenvalue weighted by atomic mass is 35.5. The molecular weight excluding hydrogens is 220 g/mol. The van der Waals surface area contributed by atoms with E-state index in [1.54, 1.807) is 0 Å². The molecule has 3 heteroatoms. The Balaban J connectivity index is 1.72. The highest BCUT2D eigenvalue weighted by molar-refractivity contribution is 6.18. The van der Waals surface area contributed by atoms with E-state index in [4.69, 9.17) is 11.6 Å². The number of nitrogens with one attached hydrogen (secondary N) is 1. The summed E-state index contributed by atoms with van der Waals surface area (Å²) in [4.78, 5) is 4.11. The molecule has 0 spiro atoms. The van der Waals surface area contributed by atoms with Gasteiger partial charge in [-0.05, 0) is 42.9 Å². The lowest BCUT2D eigenvalue weighted by atomic mass is 9.98. The lowest BCUT2D eigenvalue weighted by molar-refractivity contribution is 0.395. The van der Waals surface area contributed by atoms with Gasteiger partial charge in [0.1, 0.15) is 0 Å². The summed E-state index contributed by atoms with van der Waals surface area (Å²) in [6, 6.07) is 4.09. The molecule has 16 heavy (non-hydrogen) atoms. The van der Waals surface area contributed by atoms with Gasteiger partial charge in [0, 0.05) is 24.8 Å². The molecule has 1 fully saturated rings. The molecule has 1 aliphatic carbocycles. The van der Waals surface area contributed by atoms with Crippen LogP contribution in [0.25, 0.3) is 0 Å². The predicted octanol–water partition coefficient (Wildman–Crippen LogP) is 2.83. The van der Waals surface area contributed by atoms with Crippen molar-refractivity contribution >= 4 is 11.6 Å². The first-order chi connectivity index (χ1) is 7.90. The Labute approximate surface area is 102 Å². The summed E-state index contributed by atoms with van der Waals surface area (Å²) in [6.07, 6.45) is 7.71. The van der Waals surface area contributed by atoms with Crippen molar-refractivity contribution < 1.29 is 0 Å². The van der Waals surface area contributed by atoms with Crippen LogP contribution in [0, 0.1) is 11.8 Å². The average Bonchev–Trinajstić information content (AvgIpc) is 2.78. The fourth-order valence-corrected chi connectivity index (χ4v) is 2.90. The molecule has 1 N–H and O–H groups in total. The Morgan fingerprint density at radius 2 is 2.25 bits per heavy atom. The molecule has 1 aromatic heterocycles. The molecular formula is C13H19ClN2. The van der Waals surface area contributed by atoms with Crippen LogP contribution in [-0.2, 0) is 6.54 Å². The van der Waals surface area contributed by atoms with Gasteiger partial charge in [0.15, 0.2) is 0 Å². The fourth-order valence-electron chi connectivity index (χ4n) is 2.49. The predicted molar refractivity (Wildman–Crippen MR) is 67.5 cm³/mol. The average molecular weight is 239 g/mol. The van der Waals surface area contributed by atoms with Crippen LogP contribution in [0.15, 0.2) is 24.5 Å². The molecule has 1 aliphatic rings. The molecule has 2 unspecified atom stereocenters. The molecule has 0 saturated heterocycles. The molecule has 0 bridgehead atoms. The Kier molecular flexibility index (Phi) is 4.61. The smallest absolute Gasteiger partial charge is 0.0312 e. The van der Waals surface area contributed by atoms with Gasteiger partial charge in [-0.3, -0.25) is 4.98 Å². The maximum atomic E-state index is 5.96. The highest BCUT2D eigenvalue weighted by Crippen LogP contribution is 2.31. The normalized spacial score (nSPS) is 24.8. The second-order valence-corrected chi connectivity index (χ2v) is 4.91. The van der Waals surface area contributed by atoms with Gasteiger partial charge >= 0.3 is 0 Å². The molecule has 1 aromatic rings. The van der Waals surface area contributed by atoms with Gasteiger partial charge in [0.25, 0.3) is 0 Å². The summed E-state index contributed by atoms with van der Waals surface area (Å²) >= 11 is 5.96. The van der Waals surface area contributed by atoms with Crippen molar-refractivity contribution in [1.82, 2.24) is 10.3 Å². The van der Waals surface area contributed by atoms with Crippen molar-refractivity contribution in [3.05, 3.63) is 30.1 Å². The Morgan fingerprint density at radius 3 is 3.00 bits per heavy atom. The molecule has 1 heterocycles. The van der Waals surface area contributed by atoms with E-state index < -0.39 is 0 Å². The van der Waals surface area contributed by atoms with E-state index >= 15 is 0 Å². The van der Waals surface area contributed by atoms with Crippen molar-refractivity contribution in [1.29, 1.82) is 0 Å². The first-order valence-corrected chi connectivity index (χ1v) is 6.59. The molecule has 0 aromatic carbocycles. The van der Waals surface area contributed by atoms with E-state index in [0.29, 0.717) is 0 Å². The standard InChI is InChI=1S/C13H19ClN2/c14-7-12-4-1-5-13(12)10-16-9-11-3-2-6-15-8-11/h2-3,6,8,12-13,16H,1,4-5,7,9-10H2. The van der Waals surface area contributed by atoms with Gasteiger partial charge in [-0.1, -0.05) is 12.5 Å². The maximum absolute atomic E-state index is 5.96. The zero-order valence-electron chi connectivity index (χ0n) is 9.53. The molecule has 88 valence electrons. The van der Waals surface area contributed by atoms with Crippen molar-refractivity contribution in [2.45, 2.75) is 25.8 Å².